The largest absolute Gasteiger partial charge is 0.348 e. The Balaban J connectivity index is 1.97. The van der Waals surface area contributed by atoms with Gasteiger partial charge in [0.05, 0.1) is 18.6 Å². The highest BCUT2D eigenvalue weighted by Crippen LogP contribution is 2.09. The lowest BCUT2D eigenvalue weighted by Gasteiger charge is -2.19. The zero-order valence-electron chi connectivity index (χ0n) is 13.1. The minimum Gasteiger partial charge on any atom is -0.348 e. The molecule has 2 heterocycles. The van der Waals surface area contributed by atoms with Crippen LogP contribution in [0.1, 0.15) is 45.4 Å². The Morgan fingerprint density at radius 2 is 2.10 bits per heavy atom. The van der Waals surface area contributed by atoms with Crippen LogP contribution in [0.2, 0.25) is 0 Å². The van der Waals surface area contributed by atoms with Crippen LogP contribution in [0.25, 0.3) is 0 Å². The van der Waals surface area contributed by atoms with Crippen LogP contribution in [0.3, 0.4) is 0 Å². The summed E-state index contributed by atoms with van der Waals surface area (Å²) in [5.41, 5.74) is 2.74. The van der Waals surface area contributed by atoms with Gasteiger partial charge in [0.1, 0.15) is 0 Å². The van der Waals surface area contributed by atoms with Crippen LogP contribution in [-0.4, -0.2) is 19.7 Å². The molecule has 0 aliphatic rings. The first-order chi connectivity index (χ1) is 9.48. The van der Waals surface area contributed by atoms with Crippen LogP contribution in [0.15, 0.2) is 31.0 Å². The van der Waals surface area contributed by atoms with Crippen molar-refractivity contribution in [1.82, 2.24) is 19.4 Å². The quantitative estimate of drug-likeness (QED) is 0.878. The van der Waals surface area contributed by atoms with Crippen LogP contribution < -0.4 is 5.32 Å². The molecule has 4 heteroatoms. The fourth-order valence-electron chi connectivity index (χ4n) is 2.17. The van der Waals surface area contributed by atoms with Gasteiger partial charge in [-0.3, -0.25) is 0 Å². The van der Waals surface area contributed by atoms with Gasteiger partial charge in [-0.2, -0.15) is 0 Å². The Morgan fingerprint density at radius 3 is 2.80 bits per heavy atom. The van der Waals surface area contributed by atoms with Gasteiger partial charge < -0.3 is 14.5 Å². The second-order valence-corrected chi connectivity index (χ2v) is 6.37. The van der Waals surface area contributed by atoms with E-state index in [0.717, 1.165) is 26.1 Å². The van der Waals surface area contributed by atoms with E-state index in [0.29, 0.717) is 0 Å². The van der Waals surface area contributed by atoms with Crippen molar-refractivity contribution in [3.8, 4) is 0 Å². The van der Waals surface area contributed by atoms with Crippen molar-refractivity contribution in [2.45, 2.75) is 59.3 Å². The number of aromatic nitrogens is 3. The monoisotopic (exact) mass is 274 g/mol. The molecule has 0 fully saturated rings. The van der Waals surface area contributed by atoms with Crippen molar-refractivity contribution in [3.63, 3.8) is 0 Å². The number of rotatable bonds is 6. The summed E-state index contributed by atoms with van der Waals surface area (Å²) < 4.78 is 4.45. The van der Waals surface area contributed by atoms with Gasteiger partial charge in [-0.15, -0.1) is 0 Å². The first-order valence-corrected chi connectivity index (χ1v) is 7.36. The third-order valence-electron chi connectivity index (χ3n) is 3.24. The lowest BCUT2D eigenvalue weighted by molar-refractivity contribution is 0.424. The number of imidazole rings is 1. The van der Waals surface area contributed by atoms with Crippen molar-refractivity contribution in [2.24, 2.45) is 0 Å². The summed E-state index contributed by atoms with van der Waals surface area (Å²) in [6.45, 7) is 11.6. The first-order valence-electron chi connectivity index (χ1n) is 7.36. The highest BCUT2D eigenvalue weighted by Gasteiger charge is 2.09. The van der Waals surface area contributed by atoms with Crippen LogP contribution >= 0.6 is 0 Å². The summed E-state index contributed by atoms with van der Waals surface area (Å²) >= 11 is 0. The smallest absolute Gasteiger partial charge is 0.0948 e. The Hall–Kier alpha value is -1.55. The lowest BCUT2D eigenvalue weighted by atomic mass is 10.1. The van der Waals surface area contributed by atoms with E-state index in [2.05, 4.69) is 65.6 Å². The summed E-state index contributed by atoms with van der Waals surface area (Å²) in [5, 5.41) is 3.51. The molecule has 0 amide bonds. The Bertz CT molecular complexity index is 531. The zero-order valence-corrected chi connectivity index (χ0v) is 13.1. The summed E-state index contributed by atoms with van der Waals surface area (Å²) in [6.07, 6.45) is 9.37. The summed E-state index contributed by atoms with van der Waals surface area (Å²) in [7, 11) is 0. The highest BCUT2D eigenvalue weighted by molar-refractivity contribution is 5.12. The average molecular weight is 274 g/mol. The molecule has 0 saturated carbocycles. The highest BCUT2D eigenvalue weighted by atomic mass is 15.1. The molecule has 0 atom stereocenters. The molecule has 0 saturated heterocycles. The van der Waals surface area contributed by atoms with Crippen LogP contribution in [0, 0.1) is 0 Å². The van der Waals surface area contributed by atoms with E-state index in [-0.39, 0.29) is 5.54 Å². The Kier molecular flexibility index (Phi) is 4.65. The molecule has 0 spiro atoms. The van der Waals surface area contributed by atoms with E-state index < -0.39 is 0 Å². The standard InChI is InChI=1S/C16H26N4/c1-5-7-20-13-17-10-15(20)12-19-8-6-14(11-19)9-18-16(2,3)4/h6,8,10-11,13,18H,5,7,9,12H2,1-4H3. The summed E-state index contributed by atoms with van der Waals surface area (Å²) in [6, 6.07) is 2.18. The molecule has 2 aromatic heterocycles. The molecule has 0 radical (unpaired) electrons. The van der Waals surface area contributed by atoms with Crippen LogP contribution in [0.4, 0.5) is 0 Å². The maximum atomic E-state index is 4.25. The van der Waals surface area contributed by atoms with E-state index in [1.165, 1.54) is 11.3 Å². The molecule has 0 aromatic carbocycles. The van der Waals surface area contributed by atoms with E-state index in [1.54, 1.807) is 0 Å². The summed E-state index contributed by atoms with van der Waals surface area (Å²) in [5.74, 6) is 0. The fourth-order valence-corrected chi connectivity index (χ4v) is 2.17. The second kappa shape index (κ2) is 6.27. The van der Waals surface area contributed by atoms with Crippen LogP contribution in [-0.2, 0) is 19.6 Å². The molecular weight excluding hydrogens is 248 g/mol. The third-order valence-corrected chi connectivity index (χ3v) is 3.24. The molecule has 110 valence electrons. The van der Waals surface area contributed by atoms with Gasteiger partial charge in [-0.05, 0) is 38.8 Å². The number of nitrogens with zero attached hydrogens (tertiary/aromatic N) is 3. The van der Waals surface area contributed by atoms with Crippen LogP contribution in [0.5, 0.6) is 0 Å². The molecular formula is C16H26N4. The van der Waals surface area contributed by atoms with Crippen molar-refractivity contribution >= 4 is 0 Å². The fraction of sp³-hybridized carbons (Fsp3) is 0.562. The normalized spacial score (nSPS) is 12.0. The number of aryl methyl sites for hydroxylation is 1. The van der Waals surface area contributed by atoms with Gasteiger partial charge in [0.2, 0.25) is 0 Å². The molecule has 0 aliphatic carbocycles. The first kappa shape index (κ1) is 14.9. The molecule has 0 bridgehead atoms. The van der Waals surface area contributed by atoms with Crippen molar-refractivity contribution < 1.29 is 0 Å². The van der Waals surface area contributed by atoms with E-state index in [4.69, 9.17) is 0 Å². The van der Waals surface area contributed by atoms with E-state index in [1.807, 2.05) is 12.5 Å². The second-order valence-electron chi connectivity index (χ2n) is 6.37. The molecule has 4 nitrogen and oxygen atoms in total. The van der Waals surface area contributed by atoms with Crippen molar-refractivity contribution in [1.29, 1.82) is 0 Å². The minimum atomic E-state index is 0.155. The van der Waals surface area contributed by atoms with Crippen molar-refractivity contribution in [3.05, 3.63) is 42.2 Å². The SMILES string of the molecule is CCCn1cncc1Cn1ccc(CNC(C)(C)C)c1. The van der Waals surface area contributed by atoms with Gasteiger partial charge in [-0.25, -0.2) is 4.98 Å². The molecule has 0 aliphatic heterocycles. The predicted octanol–water partition coefficient (Wildman–Crippen LogP) is 3.03. The number of hydrogen-bond donors (Lipinski definition) is 1. The van der Waals surface area contributed by atoms with Crippen molar-refractivity contribution in [2.75, 3.05) is 0 Å². The van der Waals surface area contributed by atoms with Gasteiger partial charge in [0.15, 0.2) is 0 Å². The zero-order chi connectivity index (χ0) is 14.6. The lowest BCUT2D eigenvalue weighted by Crippen LogP contribution is -2.34. The van der Waals surface area contributed by atoms with Gasteiger partial charge in [-0.1, -0.05) is 6.92 Å². The Labute approximate surface area is 121 Å². The number of nitrogens with one attached hydrogen (secondary N) is 1. The average Bonchev–Trinajstić information content (AvgIpc) is 2.97. The molecule has 20 heavy (non-hydrogen) atoms. The molecule has 2 rings (SSSR count). The summed E-state index contributed by atoms with van der Waals surface area (Å²) in [4.78, 5) is 4.25. The maximum absolute atomic E-state index is 4.25. The topological polar surface area (TPSA) is 34.8 Å². The predicted molar refractivity (Wildman–Crippen MR) is 82.6 cm³/mol. The van der Waals surface area contributed by atoms with Gasteiger partial charge in [0, 0.05) is 37.2 Å². The third kappa shape index (κ3) is 4.23. The van der Waals surface area contributed by atoms with E-state index >= 15 is 0 Å². The van der Waals surface area contributed by atoms with E-state index in [9.17, 15) is 0 Å². The minimum absolute atomic E-state index is 0.155. The Morgan fingerprint density at radius 1 is 1.30 bits per heavy atom. The molecule has 1 N–H and O–H groups in total. The number of hydrogen-bond acceptors (Lipinski definition) is 2. The van der Waals surface area contributed by atoms with Gasteiger partial charge >= 0.3 is 0 Å². The molecule has 0 unspecified atom stereocenters. The molecule has 2 aromatic rings. The maximum Gasteiger partial charge on any atom is 0.0948 e. The van der Waals surface area contributed by atoms with Gasteiger partial charge in [0.25, 0.3) is 0 Å².